The number of phosphoric acid groups is 1. The van der Waals surface area contributed by atoms with Gasteiger partial charge >= 0.3 is 19.8 Å². The van der Waals surface area contributed by atoms with Crippen molar-refractivity contribution >= 4 is 19.8 Å². The van der Waals surface area contributed by atoms with Crippen molar-refractivity contribution in [3.8, 4) is 0 Å². The maximum atomic E-state index is 12.6. The van der Waals surface area contributed by atoms with Crippen LogP contribution in [0.3, 0.4) is 0 Å². The fourth-order valence-corrected chi connectivity index (χ4v) is 7.00. The summed E-state index contributed by atoms with van der Waals surface area (Å²) in [5.41, 5.74) is 5.36. The molecular weight excluding hydrogens is 717 g/mol. The molecule has 0 saturated carbocycles. The lowest BCUT2D eigenvalue weighted by Gasteiger charge is -2.20. The van der Waals surface area contributed by atoms with Gasteiger partial charge in [0.2, 0.25) is 0 Å². The SMILES string of the molecule is CCCCC/C=C\C/C=C\CCCCCCCCCC(=O)OC(COCCCCCCCCCCCCCCCCCC)COP(=O)(O)OCC(N)C(=O)O. The summed E-state index contributed by atoms with van der Waals surface area (Å²) in [5.74, 6) is -1.78. The van der Waals surface area contributed by atoms with Gasteiger partial charge in [0.05, 0.1) is 19.8 Å². The van der Waals surface area contributed by atoms with Gasteiger partial charge in [0.15, 0.2) is 0 Å². The van der Waals surface area contributed by atoms with E-state index in [4.69, 9.17) is 29.4 Å². The minimum Gasteiger partial charge on any atom is -0.480 e. The van der Waals surface area contributed by atoms with E-state index in [1.807, 2.05) is 0 Å². The number of ether oxygens (including phenoxy) is 2. The number of phosphoric ester groups is 1. The average Bonchev–Trinajstić information content (AvgIpc) is 3.16. The van der Waals surface area contributed by atoms with Crippen molar-refractivity contribution in [1.29, 1.82) is 0 Å². The van der Waals surface area contributed by atoms with Crippen molar-refractivity contribution in [2.75, 3.05) is 26.4 Å². The van der Waals surface area contributed by atoms with E-state index in [-0.39, 0.29) is 13.0 Å². The number of carbonyl (C=O) groups excluding carboxylic acids is 1. The number of carbonyl (C=O) groups is 2. The first kappa shape index (κ1) is 53.5. The molecule has 0 aromatic rings. The molecule has 11 heteroatoms. The predicted octanol–water partition coefficient (Wildman–Crippen LogP) is 12.3. The van der Waals surface area contributed by atoms with Gasteiger partial charge in [-0.25, -0.2) is 4.57 Å². The zero-order valence-corrected chi connectivity index (χ0v) is 36.2. The molecule has 0 spiro atoms. The lowest BCUT2D eigenvalue weighted by Crippen LogP contribution is -2.34. The minimum atomic E-state index is -4.61. The number of carboxylic acid groups (broad SMARTS) is 1. The maximum Gasteiger partial charge on any atom is 0.472 e. The van der Waals surface area contributed by atoms with E-state index in [0.29, 0.717) is 13.0 Å². The fourth-order valence-electron chi connectivity index (χ4n) is 6.22. The highest BCUT2D eigenvalue weighted by atomic mass is 31.2. The van der Waals surface area contributed by atoms with Crippen molar-refractivity contribution < 1.29 is 42.7 Å². The summed E-state index contributed by atoms with van der Waals surface area (Å²) in [6, 6.07) is -1.47. The molecule has 3 unspecified atom stereocenters. The second-order valence-corrected chi connectivity index (χ2v) is 16.6. The highest BCUT2D eigenvalue weighted by Gasteiger charge is 2.27. The third kappa shape index (κ3) is 40.4. The largest absolute Gasteiger partial charge is 0.480 e. The molecule has 10 nitrogen and oxygen atoms in total. The van der Waals surface area contributed by atoms with Crippen LogP contribution in [-0.2, 0) is 32.7 Å². The lowest BCUT2D eigenvalue weighted by molar-refractivity contribution is -0.154. The number of unbranched alkanes of at least 4 members (excludes halogenated alkanes) is 25. The standard InChI is InChI=1S/C44H84NO9P/c1-3-5-7-9-11-13-15-17-19-21-22-24-26-28-30-32-34-36-43(46)54-41(39-52-55(49,50)53-40-42(45)44(47)48)38-51-37-35-33-31-29-27-25-23-20-18-16-14-12-10-8-6-4-2/h11,13,17,19,41-42H,3-10,12,14-16,18,20-40,45H2,1-2H3,(H,47,48)(H,49,50)/b13-11-,19-17-. The Labute approximate surface area is 336 Å². The second-order valence-electron chi connectivity index (χ2n) is 15.2. The van der Waals surface area contributed by atoms with Crippen LogP contribution >= 0.6 is 7.82 Å². The molecule has 0 radical (unpaired) electrons. The summed E-state index contributed by atoms with van der Waals surface area (Å²) < 4.78 is 33.4. The van der Waals surface area contributed by atoms with Gasteiger partial charge in [0.25, 0.3) is 0 Å². The number of allylic oxidation sites excluding steroid dienone is 4. The van der Waals surface area contributed by atoms with Crippen LogP contribution in [0.25, 0.3) is 0 Å². The predicted molar refractivity (Wildman–Crippen MR) is 226 cm³/mol. The Morgan fingerprint density at radius 2 is 1.00 bits per heavy atom. The number of hydrogen-bond donors (Lipinski definition) is 3. The molecule has 0 aliphatic heterocycles. The summed E-state index contributed by atoms with van der Waals surface area (Å²) in [4.78, 5) is 33.5. The zero-order valence-electron chi connectivity index (χ0n) is 35.3. The number of esters is 1. The lowest BCUT2D eigenvalue weighted by atomic mass is 10.0. The third-order valence-corrected chi connectivity index (χ3v) is 10.7. The van der Waals surface area contributed by atoms with E-state index in [2.05, 4.69) is 38.2 Å². The van der Waals surface area contributed by atoms with E-state index < -0.39 is 45.1 Å². The average molecular weight is 802 g/mol. The minimum absolute atomic E-state index is 0.0179. The second kappa shape index (κ2) is 40.6. The highest BCUT2D eigenvalue weighted by Crippen LogP contribution is 2.43. The summed E-state index contributed by atoms with van der Waals surface area (Å²) in [6.07, 6.45) is 43.6. The zero-order chi connectivity index (χ0) is 40.5. The van der Waals surface area contributed by atoms with Crippen molar-refractivity contribution in [1.82, 2.24) is 0 Å². The summed E-state index contributed by atoms with van der Waals surface area (Å²) >= 11 is 0. The van der Waals surface area contributed by atoms with Crippen LogP contribution in [0.4, 0.5) is 0 Å². The van der Waals surface area contributed by atoms with Gasteiger partial charge < -0.3 is 25.2 Å². The molecule has 0 saturated heterocycles. The van der Waals surface area contributed by atoms with E-state index in [0.717, 1.165) is 51.4 Å². The fraction of sp³-hybridized carbons (Fsp3) is 0.864. The summed E-state index contributed by atoms with van der Waals surface area (Å²) in [7, 11) is -4.61. The molecule has 0 bridgehead atoms. The van der Waals surface area contributed by atoms with E-state index in [1.165, 1.54) is 128 Å². The Hall–Kier alpha value is -1.55. The quantitative estimate of drug-likeness (QED) is 0.0235. The van der Waals surface area contributed by atoms with Crippen molar-refractivity contribution in [2.24, 2.45) is 5.73 Å². The van der Waals surface area contributed by atoms with Gasteiger partial charge in [0.1, 0.15) is 12.1 Å². The van der Waals surface area contributed by atoms with Crippen LogP contribution in [0.1, 0.15) is 206 Å². The van der Waals surface area contributed by atoms with Gasteiger partial charge in [-0.15, -0.1) is 0 Å². The van der Waals surface area contributed by atoms with Crippen molar-refractivity contribution in [2.45, 2.75) is 219 Å². The molecule has 0 amide bonds. The van der Waals surface area contributed by atoms with Crippen LogP contribution in [0.15, 0.2) is 24.3 Å². The first-order valence-corrected chi connectivity index (χ1v) is 23.9. The van der Waals surface area contributed by atoms with Gasteiger partial charge in [-0.05, 0) is 44.9 Å². The Morgan fingerprint density at radius 3 is 1.51 bits per heavy atom. The monoisotopic (exact) mass is 802 g/mol. The van der Waals surface area contributed by atoms with Crippen LogP contribution in [0.5, 0.6) is 0 Å². The maximum absolute atomic E-state index is 12.6. The Kier molecular flexibility index (Phi) is 39.5. The molecule has 0 aliphatic carbocycles. The molecule has 324 valence electrons. The number of rotatable bonds is 43. The van der Waals surface area contributed by atoms with Crippen LogP contribution in [0, 0.1) is 0 Å². The number of carboxylic acids is 1. The van der Waals surface area contributed by atoms with Gasteiger partial charge in [-0.2, -0.15) is 0 Å². The Bertz CT molecular complexity index is 977. The topological polar surface area (TPSA) is 155 Å². The Balaban J connectivity index is 4.22. The third-order valence-electron chi connectivity index (χ3n) is 9.73. The molecule has 55 heavy (non-hydrogen) atoms. The first-order chi connectivity index (χ1) is 26.7. The van der Waals surface area contributed by atoms with Crippen molar-refractivity contribution in [3.05, 3.63) is 24.3 Å². The number of nitrogens with two attached hydrogens (primary N) is 1. The molecule has 0 rings (SSSR count). The van der Waals surface area contributed by atoms with E-state index in [1.54, 1.807) is 0 Å². The Morgan fingerprint density at radius 1 is 0.582 bits per heavy atom. The molecule has 4 N–H and O–H groups in total. The van der Waals surface area contributed by atoms with Gasteiger partial charge in [0, 0.05) is 13.0 Å². The summed E-state index contributed by atoms with van der Waals surface area (Å²) in [6.45, 7) is 3.88. The molecule has 0 aromatic heterocycles. The smallest absolute Gasteiger partial charge is 0.472 e. The first-order valence-electron chi connectivity index (χ1n) is 22.4. The van der Waals surface area contributed by atoms with Crippen LogP contribution in [-0.4, -0.2) is 60.5 Å². The number of hydrogen-bond acceptors (Lipinski definition) is 8. The van der Waals surface area contributed by atoms with E-state index >= 15 is 0 Å². The van der Waals surface area contributed by atoms with E-state index in [9.17, 15) is 19.0 Å². The molecule has 0 heterocycles. The van der Waals surface area contributed by atoms with Crippen molar-refractivity contribution in [3.63, 3.8) is 0 Å². The molecule has 3 atom stereocenters. The van der Waals surface area contributed by atoms with Crippen LogP contribution in [0.2, 0.25) is 0 Å². The van der Waals surface area contributed by atoms with Crippen LogP contribution < -0.4 is 5.73 Å². The normalized spacial score (nSPS) is 14.1. The van der Waals surface area contributed by atoms with Gasteiger partial charge in [-0.1, -0.05) is 179 Å². The molecule has 0 aromatic carbocycles. The molecule has 0 fully saturated rings. The van der Waals surface area contributed by atoms with Gasteiger partial charge in [-0.3, -0.25) is 18.6 Å². The number of aliphatic carboxylic acids is 1. The molecule has 0 aliphatic rings. The highest BCUT2D eigenvalue weighted by molar-refractivity contribution is 7.47. The molecular formula is C44H84NO9P. The summed E-state index contributed by atoms with van der Waals surface area (Å²) in [5, 5.41) is 8.90.